The summed E-state index contributed by atoms with van der Waals surface area (Å²) in [6.07, 6.45) is 3.46. The molecule has 0 spiro atoms. The van der Waals surface area contributed by atoms with Crippen molar-refractivity contribution < 1.29 is 8.42 Å². The van der Waals surface area contributed by atoms with Crippen molar-refractivity contribution in [1.82, 2.24) is 0 Å². The number of sulfonamides is 1. The van der Waals surface area contributed by atoms with Crippen LogP contribution in [-0.4, -0.2) is 14.4 Å². The molecule has 0 aliphatic heterocycles. The predicted molar refractivity (Wildman–Crippen MR) is 115 cm³/mol. The van der Waals surface area contributed by atoms with Crippen LogP contribution in [-0.2, 0) is 29.4 Å². The Hall–Kier alpha value is -1.65. The molecule has 1 aliphatic carbocycles. The number of aliphatic imine (C=N–C) groups is 1. The second-order valence-electron chi connectivity index (χ2n) is 6.31. The molecule has 2 aromatic carbocycles. The topological polar surface area (TPSA) is 111 Å². The van der Waals surface area contributed by atoms with E-state index in [-0.39, 0.29) is 28.9 Å². The van der Waals surface area contributed by atoms with E-state index in [9.17, 15) is 8.42 Å². The number of nitrogens with zero attached hydrogens (tertiary/aromatic N) is 1. The molecule has 0 saturated heterocycles. The molecule has 0 amide bonds. The SMILES string of the molecule is Cc1cc(CN=C(N)Nc2ccc3c(c2)CCC3)ccc1S(N)(=O)=O.I. The lowest BCUT2D eigenvalue weighted by atomic mass is 10.1. The summed E-state index contributed by atoms with van der Waals surface area (Å²) in [5, 5.41) is 8.27. The molecule has 3 rings (SSSR count). The molecule has 140 valence electrons. The average Bonchev–Trinajstić information content (AvgIpc) is 2.99. The van der Waals surface area contributed by atoms with Gasteiger partial charge in [-0.3, -0.25) is 0 Å². The van der Waals surface area contributed by atoms with Crippen LogP contribution < -0.4 is 16.2 Å². The number of hydrogen-bond donors (Lipinski definition) is 3. The number of nitrogens with one attached hydrogen (secondary N) is 1. The van der Waals surface area contributed by atoms with Crippen molar-refractivity contribution in [3.05, 3.63) is 58.7 Å². The fraction of sp³-hybridized carbons (Fsp3) is 0.278. The van der Waals surface area contributed by atoms with E-state index in [0.29, 0.717) is 18.1 Å². The normalized spacial score (nSPS) is 13.8. The summed E-state index contributed by atoms with van der Waals surface area (Å²) in [5.41, 5.74) is 11.1. The highest BCUT2D eigenvalue weighted by molar-refractivity contribution is 14.0. The van der Waals surface area contributed by atoms with Crippen LogP contribution in [0.5, 0.6) is 0 Å². The molecular formula is C18H23IN4O2S. The second kappa shape index (κ2) is 8.36. The number of nitrogens with two attached hydrogens (primary N) is 2. The summed E-state index contributed by atoms with van der Waals surface area (Å²) in [6.45, 7) is 2.06. The Bertz CT molecular complexity index is 942. The molecule has 0 radical (unpaired) electrons. The molecule has 0 aromatic heterocycles. The fourth-order valence-corrected chi connectivity index (χ4v) is 3.91. The lowest BCUT2D eigenvalue weighted by Crippen LogP contribution is -2.22. The van der Waals surface area contributed by atoms with Crippen LogP contribution in [0.25, 0.3) is 0 Å². The first-order valence-corrected chi connectivity index (χ1v) is 9.68. The zero-order chi connectivity index (χ0) is 18.0. The second-order valence-corrected chi connectivity index (χ2v) is 7.84. The van der Waals surface area contributed by atoms with E-state index in [1.54, 1.807) is 19.1 Å². The summed E-state index contributed by atoms with van der Waals surface area (Å²) in [6, 6.07) is 11.2. The van der Waals surface area contributed by atoms with Gasteiger partial charge in [-0.05, 0) is 66.6 Å². The van der Waals surface area contributed by atoms with E-state index >= 15 is 0 Å². The van der Waals surface area contributed by atoms with Crippen molar-refractivity contribution in [2.75, 3.05) is 5.32 Å². The van der Waals surface area contributed by atoms with E-state index in [1.807, 2.05) is 6.07 Å². The van der Waals surface area contributed by atoms with Gasteiger partial charge in [-0.2, -0.15) is 0 Å². The fourth-order valence-electron chi connectivity index (χ4n) is 3.14. The maximum atomic E-state index is 11.4. The standard InChI is InChI=1S/C18H22N4O2S.HI/c1-12-9-13(5-8-17(12)25(20,23)24)11-21-18(19)22-16-7-6-14-3-2-4-15(14)10-16;/h5-10H,2-4,11H2,1H3,(H3,19,21,22)(H2,20,23,24);1H. The van der Waals surface area contributed by atoms with E-state index in [4.69, 9.17) is 10.9 Å². The highest BCUT2D eigenvalue weighted by atomic mass is 127. The Morgan fingerprint density at radius 2 is 1.88 bits per heavy atom. The number of aryl methyl sites for hydroxylation is 3. The molecule has 0 fully saturated rings. The molecule has 0 saturated carbocycles. The van der Waals surface area contributed by atoms with Gasteiger partial charge in [0.25, 0.3) is 0 Å². The van der Waals surface area contributed by atoms with Gasteiger partial charge in [-0.1, -0.05) is 18.2 Å². The summed E-state index contributed by atoms with van der Waals surface area (Å²) in [4.78, 5) is 4.45. The van der Waals surface area contributed by atoms with Crippen LogP contribution >= 0.6 is 24.0 Å². The van der Waals surface area contributed by atoms with Crippen LogP contribution in [0.3, 0.4) is 0 Å². The van der Waals surface area contributed by atoms with Gasteiger partial charge in [0.05, 0.1) is 11.4 Å². The van der Waals surface area contributed by atoms with Crippen molar-refractivity contribution in [1.29, 1.82) is 0 Å². The van der Waals surface area contributed by atoms with Gasteiger partial charge in [0.1, 0.15) is 0 Å². The zero-order valence-corrected chi connectivity index (χ0v) is 17.7. The first kappa shape index (κ1) is 20.7. The van der Waals surface area contributed by atoms with Crippen molar-refractivity contribution >= 4 is 45.6 Å². The number of benzene rings is 2. The summed E-state index contributed by atoms with van der Waals surface area (Å²) < 4.78 is 22.9. The Labute approximate surface area is 171 Å². The molecule has 2 aromatic rings. The van der Waals surface area contributed by atoms with Gasteiger partial charge >= 0.3 is 0 Å². The van der Waals surface area contributed by atoms with Crippen LogP contribution in [0.4, 0.5) is 5.69 Å². The Balaban J connectivity index is 0.00000243. The minimum Gasteiger partial charge on any atom is -0.370 e. The maximum absolute atomic E-state index is 11.4. The average molecular weight is 486 g/mol. The lowest BCUT2D eigenvalue weighted by molar-refractivity contribution is 0.597. The first-order valence-electron chi connectivity index (χ1n) is 8.14. The number of halogens is 1. The Morgan fingerprint density at radius 1 is 1.15 bits per heavy atom. The monoisotopic (exact) mass is 486 g/mol. The minimum absolute atomic E-state index is 0. The largest absolute Gasteiger partial charge is 0.370 e. The number of guanidine groups is 1. The molecule has 26 heavy (non-hydrogen) atoms. The van der Waals surface area contributed by atoms with Crippen LogP contribution in [0.15, 0.2) is 46.3 Å². The van der Waals surface area contributed by atoms with Gasteiger partial charge < -0.3 is 11.1 Å². The molecule has 0 unspecified atom stereocenters. The van der Waals surface area contributed by atoms with E-state index in [1.165, 1.54) is 23.6 Å². The van der Waals surface area contributed by atoms with Crippen molar-refractivity contribution in [2.45, 2.75) is 37.6 Å². The predicted octanol–water partition coefficient (Wildman–Crippen LogP) is 2.68. The summed E-state index contributed by atoms with van der Waals surface area (Å²) in [5.74, 6) is 0.325. The number of primary sulfonamides is 1. The first-order chi connectivity index (χ1) is 11.8. The number of rotatable bonds is 4. The van der Waals surface area contributed by atoms with E-state index in [2.05, 4.69) is 22.4 Å². The Morgan fingerprint density at radius 3 is 2.58 bits per heavy atom. The zero-order valence-electron chi connectivity index (χ0n) is 14.5. The van der Waals surface area contributed by atoms with Crippen LogP contribution in [0, 0.1) is 6.92 Å². The molecule has 5 N–H and O–H groups in total. The molecule has 1 aliphatic rings. The van der Waals surface area contributed by atoms with Crippen molar-refractivity contribution in [3.63, 3.8) is 0 Å². The summed E-state index contributed by atoms with van der Waals surface area (Å²) >= 11 is 0. The molecule has 0 heterocycles. The van der Waals surface area contributed by atoms with Gasteiger partial charge in [0.2, 0.25) is 10.0 Å². The summed E-state index contributed by atoms with van der Waals surface area (Å²) in [7, 11) is -3.70. The lowest BCUT2D eigenvalue weighted by Gasteiger charge is -2.09. The van der Waals surface area contributed by atoms with E-state index < -0.39 is 10.0 Å². The molecule has 8 heteroatoms. The number of hydrogen-bond acceptors (Lipinski definition) is 3. The van der Waals surface area contributed by atoms with Gasteiger partial charge in [0, 0.05) is 5.69 Å². The highest BCUT2D eigenvalue weighted by Crippen LogP contribution is 2.24. The Kier molecular flexibility index (Phi) is 6.64. The molecule has 6 nitrogen and oxygen atoms in total. The van der Waals surface area contributed by atoms with Crippen molar-refractivity contribution in [3.8, 4) is 0 Å². The minimum atomic E-state index is -3.70. The van der Waals surface area contributed by atoms with Gasteiger partial charge in [-0.15, -0.1) is 24.0 Å². The van der Waals surface area contributed by atoms with E-state index in [0.717, 1.165) is 24.1 Å². The highest BCUT2D eigenvalue weighted by Gasteiger charge is 2.12. The van der Waals surface area contributed by atoms with Gasteiger partial charge in [-0.25, -0.2) is 18.5 Å². The third-order valence-corrected chi connectivity index (χ3v) is 5.42. The van der Waals surface area contributed by atoms with Crippen LogP contribution in [0.2, 0.25) is 0 Å². The maximum Gasteiger partial charge on any atom is 0.238 e. The molecular weight excluding hydrogens is 463 g/mol. The number of fused-ring (bicyclic) bond motifs is 1. The molecule has 0 bridgehead atoms. The quantitative estimate of drug-likeness (QED) is 0.351. The van der Waals surface area contributed by atoms with Gasteiger partial charge in [0.15, 0.2) is 5.96 Å². The third-order valence-electron chi connectivity index (χ3n) is 4.35. The van der Waals surface area contributed by atoms with Crippen molar-refractivity contribution in [2.24, 2.45) is 15.9 Å². The number of anilines is 1. The third kappa shape index (κ3) is 4.95. The van der Waals surface area contributed by atoms with Crippen LogP contribution in [0.1, 0.15) is 28.7 Å². The molecule has 0 atom stereocenters. The smallest absolute Gasteiger partial charge is 0.238 e.